The summed E-state index contributed by atoms with van der Waals surface area (Å²) in [5.41, 5.74) is 0.820. The third-order valence-electron chi connectivity index (χ3n) is 2.60. The summed E-state index contributed by atoms with van der Waals surface area (Å²) in [5.74, 6) is 0.575. The van der Waals surface area contributed by atoms with Crippen LogP contribution >= 0.6 is 11.3 Å². The fourth-order valence-electron chi connectivity index (χ4n) is 1.59. The minimum Gasteiger partial charge on any atom is -0.497 e. The van der Waals surface area contributed by atoms with Crippen LogP contribution in [0.1, 0.15) is 11.9 Å². The zero-order valence-electron chi connectivity index (χ0n) is 11.5. The molecule has 0 spiro atoms. The van der Waals surface area contributed by atoms with Crippen molar-refractivity contribution in [2.45, 2.75) is 19.9 Å². The van der Waals surface area contributed by atoms with Crippen molar-refractivity contribution in [3.05, 3.63) is 29.3 Å². The molecule has 1 heterocycles. The summed E-state index contributed by atoms with van der Waals surface area (Å²) >= 11 is 1.34. The Hall–Kier alpha value is -2.15. The van der Waals surface area contributed by atoms with Crippen molar-refractivity contribution in [1.29, 1.82) is 0 Å². The number of aryl methyl sites for hydroxylation is 1. The number of rotatable bonds is 5. The molecule has 1 aromatic heterocycles. The molecule has 106 valence electrons. The van der Waals surface area contributed by atoms with Crippen molar-refractivity contribution in [3.8, 4) is 5.75 Å². The number of hydrogen-bond acceptors (Lipinski definition) is 6. The quantitative estimate of drug-likeness (QED) is 0.884. The first-order valence-electron chi connectivity index (χ1n) is 6.10. The van der Waals surface area contributed by atoms with Gasteiger partial charge in [0.05, 0.1) is 7.11 Å². The highest BCUT2D eigenvalue weighted by Gasteiger charge is 2.14. The van der Waals surface area contributed by atoms with Crippen molar-refractivity contribution in [2.24, 2.45) is 0 Å². The van der Waals surface area contributed by atoms with Crippen LogP contribution in [0.5, 0.6) is 5.75 Å². The Kier molecular flexibility index (Phi) is 4.52. The van der Waals surface area contributed by atoms with Crippen molar-refractivity contribution in [1.82, 2.24) is 10.2 Å². The van der Waals surface area contributed by atoms with Crippen molar-refractivity contribution < 1.29 is 9.53 Å². The molecule has 2 N–H and O–H groups in total. The first kappa shape index (κ1) is 14.3. The van der Waals surface area contributed by atoms with Crippen LogP contribution in [0.4, 0.5) is 10.8 Å². The molecule has 1 amide bonds. The highest BCUT2D eigenvalue weighted by Crippen LogP contribution is 2.18. The number of nitrogens with zero attached hydrogens (tertiary/aromatic N) is 2. The summed E-state index contributed by atoms with van der Waals surface area (Å²) < 4.78 is 5.14. The molecule has 0 unspecified atom stereocenters. The fraction of sp³-hybridized carbons (Fsp3) is 0.308. The average Bonchev–Trinajstić information content (AvgIpc) is 2.84. The molecule has 2 rings (SSSR count). The second-order valence-electron chi connectivity index (χ2n) is 4.21. The minimum absolute atomic E-state index is 0.163. The SMILES string of the molecule is COc1cccc(N[C@H](C)C(=O)Nc2nnc(C)s2)c1. The maximum absolute atomic E-state index is 12.0. The molecule has 1 aromatic carbocycles. The lowest BCUT2D eigenvalue weighted by Crippen LogP contribution is -2.31. The predicted molar refractivity (Wildman–Crippen MR) is 79.4 cm³/mol. The van der Waals surface area contributed by atoms with E-state index in [1.165, 1.54) is 11.3 Å². The van der Waals surface area contributed by atoms with Gasteiger partial charge in [-0.25, -0.2) is 0 Å². The van der Waals surface area contributed by atoms with Crippen LogP contribution < -0.4 is 15.4 Å². The fourth-order valence-corrected chi connectivity index (χ4v) is 2.18. The Bertz CT molecular complexity index is 600. The first-order chi connectivity index (χ1) is 9.58. The largest absolute Gasteiger partial charge is 0.497 e. The maximum atomic E-state index is 12.0. The smallest absolute Gasteiger partial charge is 0.248 e. The molecule has 0 aliphatic heterocycles. The van der Waals surface area contributed by atoms with Gasteiger partial charge in [0.1, 0.15) is 16.8 Å². The third-order valence-corrected chi connectivity index (χ3v) is 3.36. The summed E-state index contributed by atoms with van der Waals surface area (Å²) in [7, 11) is 1.60. The van der Waals surface area contributed by atoms with Crippen LogP contribution in [0.25, 0.3) is 0 Å². The Balaban J connectivity index is 1.96. The number of benzene rings is 1. The molecular weight excluding hydrogens is 276 g/mol. The molecule has 20 heavy (non-hydrogen) atoms. The number of nitrogens with one attached hydrogen (secondary N) is 2. The molecular formula is C13H16N4O2S. The summed E-state index contributed by atoms with van der Waals surface area (Å²) in [6.45, 7) is 3.62. The van der Waals surface area contributed by atoms with E-state index in [0.29, 0.717) is 5.13 Å². The third kappa shape index (κ3) is 3.67. The number of aromatic nitrogens is 2. The first-order valence-corrected chi connectivity index (χ1v) is 6.91. The molecule has 1 atom stereocenters. The van der Waals surface area contributed by atoms with E-state index in [1.54, 1.807) is 14.0 Å². The maximum Gasteiger partial charge on any atom is 0.248 e. The second kappa shape index (κ2) is 6.33. The van der Waals surface area contributed by atoms with Gasteiger partial charge in [0.15, 0.2) is 0 Å². The van der Waals surface area contributed by atoms with Gasteiger partial charge >= 0.3 is 0 Å². The highest BCUT2D eigenvalue weighted by atomic mass is 32.1. The summed E-state index contributed by atoms with van der Waals surface area (Å²) in [4.78, 5) is 12.0. The number of ether oxygens (including phenoxy) is 1. The van der Waals surface area contributed by atoms with Gasteiger partial charge in [-0.2, -0.15) is 0 Å². The Morgan fingerprint density at radius 1 is 1.40 bits per heavy atom. The molecule has 0 radical (unpaired) electrons. The van der Waals surface area contributed by atoms with E-state index < -0.39 is 6.04 Å². The van der Waals surface area contributed by atoms with Gasteiger partial charge < -0.3 is 10.1 Å². The summed E-state index contributed by atoms with van der Waals surface area (Å²) in [6, 6.07) is 7.02. The van der Waals surface area contributed by atoms with Gasteiger partial charge in [-0.1, -0.05) is 17.4 Å². The van der Waals surface area contributed by atoms with Crippen LogP contribution in [-0.2, 0) is 4.79 Å². The molecule has 0 aliphatic carbocycles. The lowest BCUT2D eigenvalue weighted by molar-refractivity contribution is -0.116. The number of carbonyl (C=O) groups excluding carboxylic acids is 1. The van der Waals surface area contributed by atoms with E-state index in [1.807, 2.05) is 31.2 Å². The van der Waals surface area contributed by atoms with E-state index in [-0.39, 0.29) is 5.91 Å². The molecule has 7 heteroatoms. The van der Waals surface area contributed by atoms with Crippen molar-refractivity contribution >= 4 is 28.1 Å². The number of anilines is 2. The normalized spacial score (nSPS) is 11.8. The highest BCUT2D eigenvalue weighted by molar-refractivity contribution is 7.15. The number of carbonyl (C=O) groups is 1. The van der Waals surface area contributed by atoms with Crippen LogP contribution in [0, 0.1) is 6.92 Å². The standard InChI is InChI=1S/C13H16N4O2S/c1-8(12(18)15-13-17-16-9(2)20-13)14-10-5-4-6-11(7-10)19-3/h4-8,14H,1-3H3,(H,15,17,18)/t8-/m1/s1. The Morgan fingerprint density at radius 3 is 2.85 bits per heavy atom. The van der Waals surface area contributed by atoms with Gasteiger partial charge in [0.25, 0.3) is 0 Å². The van der Waals surface area contributed by atoms with Crippen LogP contribution in [0.15, 0.2) is 24.3 Å². The number of hydrogen-bond donors (Lipinski definition) is 2. The lowest BCUT2D eigenvalue weighted by atomic mass is 10.2. The van der Waals surface area contributed by atoms with Crippen LogP contribution in [-0.4, -0.2) is 29.3 Å². The van der Waals surface area contributed by atoms with E-state index in [2.05, 4.69) is 20.8 Å². The van der Waals surface area contributed by atoms with Gasteiger partial charge in [-0.15, -0.1) is 10.2 Å². The molecule has 6 nitrogen and oxygen atoms in total. The summed E-state index contributed by atoms with van der Waals surface area (Å²) in [5, 5.41) is 14.9. The average molecular weight is 292 g/mol. The van der Waals surface area contributed by atoms with Gasteiger partial charge in [0, 0.05) is 11.8 Å². The Labute approximate surface area is 121 Å². The monoisotopic (exact) mass is 292 g/mol. The predicted octanol–water partition coefficient (Wildman–Crippen LogP) is 2.29. The van der Waals surface area contributed by atoms with E-state index in [9.17, 15) is 4.79 Å². The van der Waals surface area contributed by atoms with Crippen molar-refractivity contribution in [2.75, 3.05) is 17.7 Å². The van der Waals surface area contributed by atoms with Gasteiger partial charge in [0.2, 0.25) is 11.0 Å². The molecule has 0 bridgehead atoms. The van der Waals surface area contributed by atoms with E-state index in [0.717, 1.165) is 16.4 Å². The Morgan fingerprint density at radius 2 is 2.20 bits per heavy atom. The second-order valence-corrected chi connectivity index (χ2v) is 5.40. The molecule has 0 saturated heterocycles. The number of amides is 1. The zero-order chi connectivity index (χ0) is 14.5. The van der Waals surface area contributed by atoms with Crippen LogP contribution in [0.3, 0.4) is 0 Å². The van der Waals surface area contributed by atoms with Gasteiger partial charge in [-0.05, 0) is 26.0 Å². The molecule has 0 fully saturated rings. The van der Waals surface area contributed by atoms with E-state index in [4.69, 9.17) is 4.74 Å². The van der Waals surface area contributed by atoms with Crippen molar-refractivity contribution in [3.63, 3.8) is 0 Å². The zero-order valence-corrected chi connectivity index (χ0v) is 12.3. The molecule has 0 saturated carbocycles. The van der Waals surface area contributed by atoms with Gasteiger partial charge in [-0.3, -0.25) is 10.1 Å². The number of methoxy groups -OCH3 is 1. The topological polar surface area (TPSA) is 76.1 Å². The molecule has 2 aromatic rings. The van der Waals surface area contributed by atoms with Crippen LogP contribution in [0.2, 0.25) is 0 Å². The van der Waals surface area contributed by atoms with E-state index >= 15 is 0 Å². The minimum atomic E-state index is -0.397. The molecule has 0 aliphatic rings. The summed E-state index contributed by atoms with van der Waals surface area (Å²) in [6.07, 6.45) is 0. The lowest BCUT2D eigenvalue weighted by Gasteiger charge is -2.14.